The topological polar surface area (TPSA) is 113 Å². The number of nitrogens with zero attached hydrogens (tertiary/aromatic N) is 7. The van der Waals surface area contributed by atoms with Crippen LogP contribution in [0.15, 0.2) is 105 Å². The highest BCUT2D eigenvalue weighted by Crippen LogP contribution is 2.27. The van der Waals surface area contributed by atoms with Crippen LogP contribution < -0.4 is 4.90 Å². The molecule has 2 heterocycles. The highest BCUT2D eigenvalue weighted by atomic mass is 32.2. The maximum atomic E-state index is 12.6. The zero-order valence-electron chi connectivity index (χ0n) is 22.6. The van der Waals surface area contributed by atoms with Gasteiger partial charge in [0.25, 0.3) is 10.0 Å². The lowest BCUT2D eigenvalue weighted by Gasteiger charge is -2.15. The van der Waals surface area contributed by atoms with Crippen LogP contribution in [0.25, 0.3) is 16.9 Å². The molecule has 0 bridgehead atoms. The summed E-state index contributed by atoms with van der Waals surface area (Å²) in [5, 5.41) is 13.9. The number of benzene rings is 3. The van der Waals surface area contributed by atoms with Crippen LogP contribution >= 0.6 is 11.8 Å². The summed E-state index contributed by atoms with van der Waals surface area (Å²) in [6.07, 6.45) is 4.65. The summed E-state index contributed by atoms with van der Waals surface area (Å²) in [4.78, 5) is 15.8. The fourth-order valence-corrected chi connectivity index (χ4v) is 5.68. The number of amidine groups is 1. The van der Waals surface area contributed by atoms with Crippen LogP contribution in [0.1, 0.15) is 11.1 Å². The molecule has 10 nitrogen and oxygen atoms in total. The highest BCUT2D eigenvalue weighted by Gasteiger charge is 2.29. The normalized spacial score (nSPS) is 15.0. The predicted octanol–water partition coefficient (Wildman–Crippen LogP) is 4.60. The van der Waals surface area contributed by atoms with Gasteiger partial charge in [-0.2, -0.15) is 18.6 Å². The molecule has 0 aliphatic carbocycles. The van der Waals surface area contributed by atoms with Crippen molar-refractivity contribution in [1.82, 2.24) is 14.7 Å². The number of aryl methyl sites for hydroxylation is 1. The Hall–Kier alpha value is -4.55. The van der Waals surface area contributed by atoms with Crippen molar-refractivity contribution < 1.29 is 13.2 Å². The predicted molar refractivity (Wildman–Crippen MR) is 165 cm³/mol. The Morgan fingerprint density at radius 1 is 0.951 bits per heavy atom. The maximum absolute atomic E-state index is 12.6. The molecular formula is C29H27N7O3S2. The molecule has 1 aliphatic rings. The van der Waals surface area contributed by atoms with Crippen molar-refractivity contribution >= 4 is 51.1 Å². The molecule has 0 N–H and O–H groups in total. The van der Waals surface area contributed by atoms with E-state index in [9.17, 15) is 13.2 Å². The van der Waals surface area contributed by atoms with Crippen molar-refractivity contribution in [3.63, 3.8) is 0 Å². The van der Waals surface area contributed by atoms with E-state index >= 15 is 0 Å². The number of sulfonamides is 1. The number of anilines is 1. The summed E-state index contributed by atoms with van der Waals surface area (Å²) < 4.78 is 30.3. The van der Waals surface area contributed by atoms with Crippen molar-refractivity contribution in [3.05, 3.63) is 96.2 Å². The molecule has 1 fully saturated rings. The van der Waals surface area contributed by atoms with Gasteiger partial charge in [0.2, 0.25) is 5.91 Å². The number of carbonyl (C=O) groups is 1. The molecule has 12 heteroatoms. The second-order valence-electron chi connectivity index (χ2n) is 9.38. The van der Waals surface area contributed by atoms with Crippen LogP contribution in [-0.4, -0.2) is 66.6 Å². The number of hydrogen-bond acceptors (Lipinski definition) is 7. The molecule has 1 aliphatic heterocycles. The quantitative estimate of drug-likeness (QED) is 0.170. The van der Waals surface area contributed by atoms with Crippen LogP contribution in [0.2, 0.25) is 0 Å². The van der Waals surface area contributed by atoms with Crippen molar-refractivity contribution in [3.8, 4) is 16.9 Å². The Labute approximate surface area is 242 Å². The third-order valence-electron chi connectivity index (χ3n) is 6.00. The molecule has 0 atom stereocenters. The fourth-order valence-electron chi connectivity index (χ4n) is 3.95. The second kappa shape index (κ2) is 11.9. The minimum absolute atomic E-state index is 0.0523. The molecule has 41 heavy (non-hydrogen) atoms. The lowest BCUT2D eigenvalue weighted by Crippen LogP contribution is -2.28. The van der Waals surface area contributed by atoms with Crippen molar-refractivity contribution in [2.45, 2.75) is 11.8 Å². The van der Waals surface area contributed by atoms with E-state index in [0.717, 1.165) is 16.8 Å². The van der Waals surface area contributed by atoms with Gasteiger partial charge in [-0.05, 0) is 43.3 Å². The summed E-state index contributed by atoms with van der Waals surface area (Å²) in [5.74, 6) is 0.241. The summed E-state index contributed by atoms with van der Waals surface area (Å²) in [5.41, 5.74) is 4.76. The largest absolute Gasteiger partial charge is 0.368 e. The van der Waals surface area contributed by atoms with E-state index in [0.29, 0.717) is 27.9 Å². The fraction of sp³-hybridized carbons (Fsp3) is 0.138. The summed E-state index contributed by atoms with van der Waals surface area (Å²) in [6, 6.07) is 23.7. The van der Waals surface area contributed by atoms with Crippen molar-refractivity contribution in [2.75, 3.05) is 24.7 Å². The van der Waals surface area contributed by atoms with E-state index in [1.165, 1.54) is 30.2 Å². The molecule has 1 aromatic heterocycles. The zero-order chi connectivity index (χ0) is 29.0. The first-order valence-corrected chi connectivity index (χ1v) is 15.0. The number of hydrogen-bond donors (Lipinski definition) is 0. The molecular weight excluding hydrogens is 558 g/mol. The molecule has 0 saturated carbocycles. The first kappa shape index (κ1) is 28.0. The summed E-state index contributed by atoms with van der Waals surface area (Å²) >= 11 is 1.33. The number of aromatic nitrogens is 2. The smallest absolute Gasteiger partial charge is 0.283 e. The Morgan fingerprint density at radius 3 is 2.32 bits per heavy atom. The molecule has 5 rings (SSSR count). The van der Waals surface area contributed by atoms with Gasteiger partial charge in [-0.1, -0.05) is 59.8 Å². The lowest BCUT2D eigenvalue weighted by molar-refractivity contribution is -0.115. The van der Waals surface area contributed by atoms with Gasteiger partial charge in [-0.25, -0.2) is 4.68 Å². The summed E-state index contributed by atoms with van der Waals surface area (Å²) in [6.45, 7) is 1.99. The van der Waals surface area contributed by atoms with Gasteiger partial charge < -0.3 is 4.90 Å². The van der Waals surface area contributed by atoms with Crippen molar-refractivity contribution in [1.29, 1.82) is 0 Å². The number of rotatable bonds is 8. The molecule has 0 radical (unpaired) electrons. The van der Waals surface area contributed by atoms with Gasteiger partial charge in [0, 0.05) is 31.4 Å². The van der Waals surface area contributed by atoms with Crippen LogP contribution in [0.3, 0.4) is 0 Å². The van der Waals surface area contributed by atoms with Gasteiger partial charge in [0.05, 0.1) is 28.2 Å². The SMILES string of the molecule is Cc1ccc(N2C(=O)CS/C2=N\N=C/c2cn(-c3ccc(S(=O)(=O)/N=C/N(C)C)cc3)nc2-c2ccccc2)cc1. The Balaban J connectivity index is 1.46. The van der Waals surface area contributed by atoms with E-state index < -0.39 is 10.0 Å². The molecule has 208 valence electrons. The van der Waals surface area contributed by atoms with Crippen molar-refractivity contribution in [2.24, 2.45) is 14.6 Å². The summed E-state index contributed by atoms with van der Waals surface area (Å²) in [7, 11) is -0.424. The molecule has 0 unspecified atom stereocenters. The van der Waals surface area contributed by atoms with E-state index in [4.69, 9.17) is 5.10 Å². The third kappa shape index (κ3) is 6.44. The Bertz CT molecular complexity index is 1740. The number of amides is 1. The monoisotopic (exact) mass is 585 g/mol. The molecule has 4 aromatic rings. The van der Waals surface area contributed by atoms with E-state index in [2.05, 4.69) is 14.6 Å². The first-order chi connectivity index (χ1) is 19.7. The van der Waals surface area contributed by atoms with Crippen LogP contribution in [0.4, 0.5) is 5.69 Å². The van der Waals surface area contributed by atoms with Gasteiger partial charge in [0.15, 0.2) is 5.17 Å². The first-order valence-electron chi connectivity index (χ1n) is 12.6. The van der Waals surface area contributed by atoms with E-state index in [-0.39, 0.29) is 10.8 Å². The minimum Gasteiger partial charge on any atom is -0.368 e. The molecule has 1 saturated heterocycles. The highest BCUT2D eigenvalue weighted by molar-refractivity contribution is 8.15. The van der Waals surface area contributed by atoms with Gasteiger partial charge >= 0.3 is 0 Å². The van der Waals surface area contributed by atoms with E-state index in [1.807, 2.05) is 61.5 Å². The second-order valence-corrected chi connectivity index (χ2v) is 12.0. The number of carbonyl (C=O) groups excluding carboxylic acids is 1. The van der Waals surface area contributed by atoms with Crippen LogP contribution in [0, 0.1) is 6.92 Å². The van der Waals surface area contributed by atoms with Gasteiger partial charge in [0.1, 0.15) is 12.0 Å². The van der Waals surface area contributed by atoms with Crippen LogP contribution in [0.5, 0.6) is 0 Å². The molecule has 3 aromatic carbocycles. The number of thioether (sulfide) groups is 1. The average molecular weight is 586 g/mol. The molecule has 0 spiro atoms. The lowest BCUT2D eigenvalue weighted by atomic mass is 10.1. The third-order valence-corrected chi connectivity index (χ3v) is 8.16. The zero-order valence-corrected chi connectivity index (χ0v) is 24.2. The maximum Gasteiger partial charge on any atom is 0.283 e. The Morgan fingerprint density at radius 2 is 1.63 bits per heavy atom. The van der Waals surface area contributed by atoms with Gasteiger partial charge in [-0.15, -0.1) is 9.50 Å². The minimum atomic E-state index is -3.82. The average Bonchev–Trinajstić information content (AvgIpc) is 3.57. The standard InChI is InChI=1S/C29H27N7O3S2/c1-21-9-11-25(12-10-21)36-27(37)19-40-29(36)32-30-17-23-18-35(33-28(23)22-7-5-4-6-8-22)24-13-15-26(16-14-24)41(38,39)31-20-34(2)3/h4-18,20H,19H2,1-3H3/b30-17-,31-20+,32-29-. The Kier molecular flexibility index (Phi) is 8.13. The van der Waals surface area contributed by atoms with E-state index in [1.54, 1.807) is 53.1 Å². The van der Waals surface area contributed by atoms with Gasteiger partial charge in [-0.3, -0.25) is 9.69 Å². The molecule has 1 amide bonds. The van der Waals surface area contributed by atoms with Crippen LogP contribution in [-0.2, 0) is 14.8 Å².